The number of nitrogens with two attached hydrogens (primary N) is 1. The van der Waals surface area contributed by atoms with Crippen LogP contribution in [0.2, 0.25) is 5.02 Å². The lowest BCUT2D eigenvalue weighted by Gasteiger charge is -2.07. The molecule has 0 saturated carbocycles. The van der Waals surface area contributed by atoms with E-state index >= 15 is 0 Å². The summed E-state index contributed by atoms with van der Waals surface area (Å²) in [6, 6.07) is 4.63. The summed E-state index contributed by atoms with van der Waals surface area (Å²) in [5, 5.41) is 0.413. The Morgan fingerprint density at radius 2 is 2.40 bits per heavy atom. The molecule has 1 aromatic rings. The SMILES string of the molecule is NC1=N[C@@H](Cc2c(F)cccc2Cl)CO1. The summed E-state index contributed by atoms with van der Waals surface area (Å²) in [6.45, 7) is 0.385. The predicted molar refractivity (Wildman–Crippen MR) is 56.5 cm³/mol. The summed E-state index contributed by atoms with van der Waals surface area (Å²) in [5.74, 6) is -0.317. The van der Waals surface area contributed by atoms with Crippen molar-refractivity contribution in [3.05, 3.63) is 34.6 Å². The monoisotopic (exact) mass is 228 g/mol. The van der Waals surface area contributed by atoms with Crippen LogP contribution in [0.5, 0.6) is 0 Å². The third kappa shape index (κ3) is 2.21. The Balaban J connectivity index is 2.17. The van der Waals surface area contributed by atoms with E-state index in [0.717, 1.165) is 0 Å². The normalized spacial score (nSPS) is 19.9. The standard InChI is InChI=1S/C10H10ClFN2O/c11-8-2-1-3-9(12)7(8)4-6-5-15-10(13)14-6/h1-3,6H,4-5H2,(H2,13,14)/t6-/m0/s1. The van der Waals surface area contributed by atoms with E-state index in [2.05, 4.69) is 4.99 Å². The quantitative estimate of drug-likeness (QED) is 0.838. The Kier molecular flexibility index (Phi) is 2.77. The number of ether oxygens (including phenoxy) is 1. The molecule has 2 rings (SSSR count). The van der Waals surface area contributed by atoms with Crippen molar-refractivity contribution in [3.63, 3.8) is 0 Å². The van der Waals surface area contributed by atoms with Gasteiger partial charge < -0.3 is 10.5 Å². The second kappa shape index (κ2) is 4.06. The average molecular weight is 229 g/mol. The van der Waals surface area contributed by atoms with Gasteiger partial charge in [-0.05, 0) is 12.1 Å². The van der Waals surface area contributed by atoms with Crippen LogP contribution in [0.4, 0.5) is 4.39 Å². The number of amidine groups is 1. The molecule has 0 unspecified atom stereocenters. The van der Waals surface area contributed by atoms with Gasteiger partial charge in [0.15, 0.2) is 0 Å². The van der Waals surface area contributed by atoms with E-state index in [0.29, 0.717) is 23.6 Å². The van der Waals surface area contributed by atoms with Gasteiger partial charge in [0, 0.05) is 17.0 Å². The third-order valence-corrected chi connectivity index (χ3v) is 2.59. The van der Waals surface area contributed by atoms with E-state index in [4.69, 9.17) is 22.1 Å². The Labute approximate surface area is 91.7 Å². The van der Waals surface area contributed by atoms with Gasteiger partial charge in [-0.3, -0.25) is 0 Å². The number of benzene rings is 1. The van der Waals surface area contributed by atoms with Crippen molar-refractivity contribution in [3.8, 4) is 0 Å². The summed E-state index contributed by atoms with van der Waals surface area (Å²) in [4.78, 5) is 4.01. The van der Waals surface area contributed by atoms with Crippen LogP contribution in [-0.2, 0) is 11.2 Å². The first-order valence-electron chi connectivity index (χ1n) is 4.56. The van der Waals surface area contributed by atoms with Crippen molar-refractivity contribution in [1.82, 2.24) is 0 Å². The molecule has 0 amide bonds. The van der Waals surface area contributed by atoms with E-state index in [1.54, 1.807) is 12.1 Å². The summed E-state index contributed by atoms with van der Waals surface area (Å²) in [7, 11) is 0. The smallest absolute Gasteiger partial charge is 0.282 e. The number of aliphatic imine (C=N–C) groups is 1. The largest absolute Gasteiger partial charge is 0.463 e. The number of hydrogen-bond donors (Lipinski definition) is 1. The summed E-state index contributed by atoms with van der Waals surface area (Å²) < 4.78 is 18.4. The van der Waals surface area contributed by atoms with E-state index in [1.165, 1.54) is 6.07 Å². The van der Waals surface area contributed by atoms with Crippen molar-refractivity contribution >= 4 is 17.6 Å². The minimum atomic E-state index is -0.317. The van der Waals surface area contributed by atoms with Gasteiger partial charge in [0.2, 0.25) is 0 Å². The van der Waals surface area contributed by atoms with Gasteiger partial charge in [0.05, 0.1) is 6.04 Å². The van der Waals surface area contributed by atoms with Gasteiger partial charge in [-0.1, -0.05) is 17.7 Å². The fourth-order valence-corrected chi connectivity index (χ4v) is 1.74. The second-order valence-corrected chi connectivity index (χ2v) is 3.74. The van der Waals surface area contributed by atoms with Crippen molar-refractivity contribution < 1.29 is 9.13 Å². The summed E-state index contributed by atoms with van der Waals surface area (Å²) >= 11 is 5.88. The minimum Gasteiger partial charge on any atom is -0.463 e. The van der Waals surface area contributed by atoms with Crippen LogP contribution in [0.3, 0.4) is 0 Å². The fourth-order valence-electron chi connectivity index (χ4n) is 1.50. The van der Waals surface area contributed by atoms with Crippen LogP contribution < -0.4 is 5.73 Å². The van der Waals surface area contributed by atoms with Gasteiger partial charge in [0.1, 0.15) is 12.4 Å². The zero-order chi connectivity index (χ0) is 10.8. The van der Waals surface area contributed by atoms with Crippen LogP contribution >= 0.6 is 11.6 Å². The molecule has 0 aromatic heterocycles. The molecule has 0 aliphatic carbocycles. The van der Waals surface area contributed by atoms with Crippen molar-refractivity contribution in [1.29, 1.82) is 0 Å². The lowest BCUT2D eigenvalue weighted by atomic mass is 10.1. The van der Waals surface area contributed by atoms with Gasteiger partial charge in [-0.2, -0.15) is 0 Å². The van der Waals surface area contributed by atoms with Crippen LogP contribution in [0.1, 0.15) is 5.56 Å². The summed E-state index contributed by atoms with van der Waals surface area (Å²) in [5.41, 5.74) is 5.82. The molecule has 1 aliphatic rings. The minimum absolute atomic E-state index is 0.139. The molecule has 0 radical (unpaired) electrons. The van der Waals surface area contributed by atoms with E-state index in [9.17, 15) is 4.39 Å². The Morgan fingerprint density at radius 1 is 1.60 bits per heavy atom. The lowest BCUT2D eigenvalue weighted by molar-refractivity contribution is 0.311. The number of hydrogen-bond acceptors (Lipinski definition) is 3. The molecule has 2 N–H and O–H groups in total. The van der Waals surface area contributed by atoms with Crippen LogP contribution in [0.15, 0.2) is 23.2 Å². The molecule has 1 atom stereocenters. The van der Waals surface area contributed by atoms with Gasteiger partial charge in [0.25, 0.3) is 6.02 Å². The maximum absolute atomic E-state index is 13.4. The first kappa shape index (κ1) is 10.2. The molecule has 1 aromatic carbocycles. The number of halogens is 2. The van der Waals surface area contributed by atoms with Crippen LogP contribution in [0, 0.1) is 5.82 Å². The Bertz CT molecular complexity index is 388. The highest BCUT2D eigenvalue weighted by atomic mass is 35.5. The topological polar surface area (TPSA) is 47.6 Å². The summed E-state index contributed by atoms with van der Waals surface area (Å²) in [6.07, 6.45) is 0.409. The molecule has 0 fully saturated rings. The average Bonchev–Trinajstić information content (AvgIpc) is 2.58. The zero-order valence-corrected chi connectivity index (χ0v) is 8.67. The van der Waals surface area contributed by atoms with E-state index < -0.39 is 0 Å². The highest BCUT2D eigenvalue weighted by Crippen LogP contribution is 2.22. The molecular formula is C10H10ClFN2O. The highest BCUT2D eigenvalue weighted by Gasteiger charge is 2.20. The number of nitrogens with zero attached hydrogens (tertiary/aromatic N) is 1. The fraction of sp³-hybridized carbons (Fsp3) is 0.300. The molecular weight excluding hydrogens is 219 g/mol. The zero-order valence-electron chi connectivity index (χ0n) is 7.91. The van der Waals surface area contributed by atoms with Gasteiger partial charge in [-0.15, -0.1) is 0 Å². The maximum Gasteiger partial charge on any atom is 0.282 e. The molecule has 5 heteroatoms. The highest BCUT2D eigenvalue weighted by molar-refractivity contribution is 6.31. The van der Waals surface area contributed by atoms with Crippen molar-refractivity contribution in [2.75, 3.05) is 6.61 Å². The molecule has 0 saturated heterocycles. The van der Waals surface area contributed by atoms with Crippen LogP contribution in [-0.4, -0.2) is 18.7 Å². The maximum atomic E-state index is 13.4. The molecule has 0 spiro atoms. The van der Waals surface area contributed by atoms with Crippen molar-refractivity contribution in [2.45, 2.75) is 12.5 Å². The Morgan fingerprint density at radius 3 is 3.00 bits per heavy atom. The predicted octanol–water partition coefficient (Wildman–Crippen LogP) is 1.74. The molecule has 0 bridgehead atoms. The number of rotatable bonds is 2. The van der Waals surface area contributed by atoms with Crippen molar-refractivity contribution in [2.24, 2.45) is 10.7 Å². The second-order valence-electron chi connectivity index (χ2n) is 3.34. The third-order valence-electron chi connectivity index (χ3n) is 2.23. The first-order chi connectivity index (χ1) is 7.16. The van der Waals surface area contributed by atoms with Gasteiger partial charge in [-0.25, -0.2) is 9.38 Å². The first-order valence-corrected chi connectivity index (χ1v) is 4.93. The Hall–Kier alpha value is -1.29. The van der Waals surface area contributed by atoms with E-state index in [1.807, 2.05) is 0 Å². The van der Waals surface area contributed by atoms with E-state index in [-0.39, 0.29) is 17.9 Å². The van der Waals surface area contributed by atoms with Gasteiger partial charge >= 0.3 is 0 Å². The molecule has 1 heterocycles. The van der Waals surface area contributed by atoms with Crippen LogP contribution in [0.25, 0.3) is 0 Å². The molecule has 1 aliphatic heterocycles. The molecule has 15 heavy (non-hydrogen) atoms. The lowest BCUT2D eigenvalue weighted by Crippen LogP contribution is -2.12. The molecule has 80 valence electrons. The molecule has 3 nitrogen and oxygen atoms in total.